The SMILES string of the molecule is O=S(=O)(Nc1ccc(F)c(F)c1)c1ccccc1O. The molecule has 2 rings (SSSR count). The Kier molecular flexibility index (Phi) is 3.39. The van der Waals surface area contributed by atoms with Crippen molar-refractivity contribution < 1.29 is 22.3 Å². The molecule has 2 N–H and O–H groups in total. The van der Waals surface area contributed by atoms with Crippen LogP contribution in [0.15, 0.2) is 47.4 Å². The van der Waals surface area contributed by atoms with Gasteiger partial charge in [-0.15, -0.1) is 0 Å². The Morgan fingerprint density at radius 3 is 2.32 bits per heavy atom. The van der Waals surface area contributed by atoms with Crippen LogP contribution in [0.3, 0.4) is 0 Å². The van der Waals surface area contributed by atoms with E-state index in [-0.39, 0.29) is 10.6 Å². The number of benzene rings is 2. The van der Waals surface area contributed by atoms with Gasteiger partial charge in [-0.25, -0.2) is 17.2 Å². The zero-order valence-corrected chi connectivity index (χ0v) is 10.3. The summed E-state index contributed by atoms with van der Waals surface area (Å²) in [6.07, 6.45) is 0. The average Bonchev–Trinajstić information content (AvgIpc) is 2.34. The van der Waals surface area contributed by atoms with Crippen molar-refractivity contribution in [2.45, 2.75) is 4.90 Å². The second-order valence-electron chi connectivity index (χ2n) is 3.70. The molecule has 0 aliphatic rings. The zero-order valence-electron chi connectivity index (χ0n) is 9.47. The van der Waals surface area contributed by atoms with Crippen LogP contribution in [0.5, 0.6) is 5.75 Å². The van der Waals surface area contributed by atoms with Gasteiger partial charge in [0.05, 0.1) is 5.69 Å². The van der Waals surface area contributed by atoms with Crippen LogP contribution in [-0.2, 0) is 10.0 Å². The minimum Gasteiger partial charge on any atom is -0.507 e. The Labute approximate surface area is 108 Å². The number of hydrogen-bond acceptors (Lipinski definition) is 3. The first-order valence-electron chi connectivity index (χ1n) is 5.16. The first-order valence-corrected chi connectivity index (χ1v) is 6.64. The number of rotatable bonds is 3. The Hall–Kier alpha value is -2.15. The predicted molar refractivity (Wildman–Crippen MR) is 65.3 cm³/mol. The highest BCUT2D eigenvalue weighted by Crippen LogP contribution is 2.24. The van der Waals surface area contributed by atoms with Crippen molar-refractivity contribution in [3.63, 3.8) is 0 Å². The minimum absolute atomic E-state index is 0.137. The molecule has 0 saturated heterocycles. The molecule has 0 atom stereocenters. The summed E-state index contributed by atoms with van der Waals surface area (Å²) in [5.74, 6) is -2.68. The van der Waals surface area contributed by atoms with Crippen LogP contribution in [0.25, 0.3) is 0 Å². The minimum atomic E-state index is -4.06. The molecule has 19 heavy (non-hydrogen) atoms. The molecule has 0 bridgehead atoms. The van der Waals surface area contributed by atoms with Gasteiger partial charge in [-0.2, -0.15) is 0 Å². The molecule has 7 heteroatoms. The summed E-state index contributed by atoms with van der Waals surface area (Å²) < 4.78 is 51.6. The summed E-state index contributed by atoms with van der Waals surface area (Å²) in [5, 5.41) is 9.47. The maximum atomic E-state index is 13.0. The van der Waals surface area contributed by atoms with E-state index >= 15 is 0 Å². The van der Waals surface area contributed by atoms with Gasteiger partial charge < -0.3 is 5.11 Å². The summed E-state index contributed by atoms with van der Waals surface area (Å²) in [7, 11) is -4.06. The van der Waals surface area contributed by atoms with E-state index in [1.54, 1.807) is 0 Å². The summed E-state index contributed by atoms with van der Waals surface area (Å²) in [6, 6.07) is 7.89. The van der Waals surface area contributed by atoms with Gasteiger partial charge in [-0.1, -0.05) is 12.1 Å². The lowest BCUT2D eigenvalue weighted by Gasteiger charge is -2.09. The molecule has 0 aliphatic carbocycles. The molecule has 0 radical (unpaired) electrons. The third-order valence-electron chi connectivity index (χ3n) is 2.33. The van der Waals surface area contributed by atoms with E-state index in [0.29, 0.717) is 6.07 Å². The Balaban J connectivity index is 2.37. The van der Waals surface area contributed by atoms with Crippen LogP contribution >= 0.6 is 0 Å². The first kappa shape index (κ1) is 13.3. The highest BCUT2D eigenvalue weighted by molar-refractivity contribution is 7.92. The van der Waals surface area contributed by atoms with Crippen molar-refractivity contribution in [3.8, 4) is 5.75 Å². The Bertz CT molecular complexity index is 717. The summed E-state index contributed by atoms with van der Waals surface area (Å²) in [6.45, 7) is 0. The maximum Gasteiger partial charge on any atom is 0.265 e. The number of nitrogens with one attached hydrogen (secondary N) is 1. The number of sulfonamides is 1. The lowest BCUT2D eigenvalue weighted by atomic mass is 10.3. The van der Waals surface area contributed by atoms with E-state index in [1.165, 1.54) is 24.3 Å². The van der Waals surface area contributed by atoms with Crippen molar-refractivity contribution in [1.82, 2.24) is 0 Å². The Morgan fingerprint density at radius 1 is 1.00 bits per heavy atom. The van der Waals surface area contributed by atoms with Crippen molar-refractivity contribution in [2.24, 2.45) is 0 Å². The zero-order chi connectivity index (χ0) is 14.0. The fourth-order valence-electron chi connectivity index (χ4n) is 1.45. The third-order valence-corrected chi connectivity index (χ3v) is 3.76. The number of para-hydroxylation sites is 1. The topological polar surface area (TPSA) is 66.4 Å². The first-order chi connectivity index (χ1) is 8.90. The number of phenolic OH excluding ortho intramolecular Hbond substituents is 1. The second kappa shape index (κ2) is 4.85. The molecule has 0 amide bonds. The van der Waals surface area contributed by atoms with Crippen molar-refractivity contribution in [2.75, 3.05) is 4.72 Å². The van der Waals surface area contributed by atoms with Crippen LogP contribution < -0.4 is 4.72 Å². The molecule has 2 aromatic carbocycles. The van der Waals surface area contributed by atoms with E-state index in [2.05, 4.69) is 0 Å². The maximum absolute atomic E-state index is 13.0. The lowest BCUT2D eigenvalue weighted by molar-refractivity contribution is 0.459. The van der Waals surface area contributed by atoms with Crippen LogP contribution in [0.1, 0.15) is 0 Å². The molecule has 0 spiro atoms. The summed E-state index contributed by atoms with van der Waals surface area (Å²) in [5.41, 5.74) is -0.137. The second-order valence-corrected chi connectivity index (χ2v) is 5.35. The van der Waals surface area contributed by atoms with Crippen molar-refractivity contribution >= 4 is 15.7 Å². The van der Waals surface area contributed by atoms with Gasteiger partial charge >= 0.3 is 0 Å². The average molecular weight is 285 g/mol. The molecule has 100 valence electrons. The molecule has 0 heterocycles. The molecular formula is C12H9F2NO3S. The fourth-order valence-corrected chi connectivity index (χ4v) is 2.60. The largest absolute Gasteiger partial charge is 0.507 e. The smallest absolute Gasteiger partial charge is 0.265 e. The highest BCUT2D eigenvalue weighted by Gasteiger charge is 2.18. The molecule has 0 saturated carbocycles. The number of hydrogen-bond donors (Lipinski definition) is 2. The van der Waals surface area contributed by atoms with Gasteiger partial charge in [0.25, 0.3) is 10.0 Å². The quantitative estimate of drug-likeness (QED) is 0.910. The van der Waals surface area contributed by atoms with E-state index < -0.39 is 27.4 Å². The van der Waals surface area contributed by atoms with Crippen LogP contribution in [0.2, 0.25) is 0 Å². The summed E-state index contributed by atoms with van der Waals surface area (Å²) in [4.78, 5) is -0.347. The van der Waals surface area contributed by atoms with Crippen molar-refractivity contribution in [3.05, 3.63) is 54.1 Å². The van der Waals surface area contributed by atoms with E-state index in [1.807, 2.05) is 4.72 Å². The predicted octanol–water partition coefficient (Wildman–Crippen LogP) is 2.47. The monoisotopic (exact) mass is 285 g/mol. The fraction of sp³-hybridized carbons (Fsp3) is 0. The van der Waals surface area contributed by atoms with Gasteiger partial charge in [0.2, 0.25) is 0 Å². The molecule has 2 aromatic rings. The number of phenols is 1. The van der Waals surface area contributed by atoms with Crippen molar-refractivity contribution in [1.29, 1.82) is 0 Å². The number of halogens is 2. The van der Waals surface area contributed by atoms with E-state index in [9.17, 15) is 22.3 Å². The highest BCUT2D eigenvalue weighted by atomic mass is 32.2. The van der Waals surface area contributed by atoms with Gasteiger partial charge in [-0.3, -0.25) is 4.72 Å². The Morgan fingerprint density at radius 2 is 1.68 bits per heavy atom. The summed E-state index contributed by atoms with van der Waals surface area (Å²) >= 11 is 0. The normalized spacial score (nSPS) is 11.3. The van der Waals surface area contributed by atoms with Crippen LogP contribution in [-0.4, -0.2) is 13.5 Å². The number of aromatic hydroxyl groups is 1. The molecule has 4 nitrogen and oxygen atoms in total. The molecular weight excluding hydrogens is 276 g/mol. The molecule has 0 fully saturated rings. The van der Waals surface area contributed by atoms with E-state index in [4.69, 9.17) is 0 Å². The van der Waals surface area contributed by atoms with Gasteiger partial charge in [0.15, 0.2) is 11.6 Å². The lowest BCUT2D eigenvalue weighted by Crippen LogP contribution is -2.13. The third kappa shape index (κ3) is 2.82. The van der Waals surface area contributed by atoms with Gasteiger partial charge in [-0.05, 0) is 24.3 Å². The van der Waals surface area contributed by atoms with Gasteiger partial charge in [0.1, 0.15) is 10.6 Å². The van der Waals surface area contributed by atoms with E-state index in [0.717, 1.165) is 12.1 Å². The molecule has 0 unspecified atom stereocenters. The molecule has 0 aliphatic heterocycles. The molecule has 0 aromatic heterocycles. The van der Waals surface area contributed by atoms with Gasteiger partial charge in [0, 0.05) is 6.07 Å². The number of anilines is 1. The van der Waals surface area contributed by atoms with Crippen LogP contribution in [0, 0.1) is 11.6 Å². The standard InChI is InChI=1S/C12H9F2NO3S/c13-9-6-5-8(7-10(9)14)15-19(17,18)12-4-2-1-3-11(12)16/h1-7,15-16H. The van der Waals surface area contributed by atoms with Crippen LogP contribution in [0.4, 0.5) is 14.5 Å².